The van der Waals surface area contributed by atoms with Crippen molar-refractivity contribution in [3.05, 3.63) is 348 Å². The SMILES string of the molecule is c1ccc(P(c2ccccc2)C(n2cccn2)(n2cccn2)n2cccn2)cc1.c1ccc(P(c2ccccc2)C(n2cccn2)(n2cccn2)n2cccn2)cc1.c1ccc(P(c2ccccc2)C(n2cccn2)(n2cccn2)n2cccn2)cc1. The third-order valence-corrected chi connectivity index (χ3v) is 22.8. The first-order valence-electron chi connectivity index (χ1n) is 27.9. The maximum atomic E-state index is 4.68. The molecule has 0 saturated carbocycles. The van der Waals surface area contributed by atoms with Crippen molar-refractivity contribution in [1.29, 1.82) is 0 Å². The van der Waals surface area contributed by atoms with Gasteiger partial charge < -0.3 is 0 Å². The maximum absolute atomic E-state index is 4.68. The molecule has 0 spiro atoms. The zero-order valence-electron chi connectivity index (χ0n) is 46.8. The monoisotopic (exact) mass is 1190 g/mol. The Bertz CT molecular complexity index is 3490. The minimum absolute atomic E-state index is 0.825. The lowest BCUT2D eigenvalue weighted by molar-refractivity contribution is 0.231. The van der Waals surface area contributed by atoms with E-state index >= 15 is 0 Å². The molecule has 15 aromatic rings. The molecule has 0 atom stereocenters. The van der Waals surface area contributed by atoms with Crippen molar-refractivity contribution >= 4 is 55.6 Å². The summed E-state index contributed by atoms with van der Waals surface area (Å²) in [6.07, 6.45) is 34.0. The van der Waals surface area contributed by atoms with Crippen LogP contribution in [0.2, 0.25) is 0 Å². The number of aromatic nitrogens is 18. The first-order chi connectivity index (χ1) is 43.2. The summed E-state index contributed by atoms with van der Waals surface area (Å²) in [5, 5.41) is 49.4. The van der Waals surface area contributed by atoms with Crippen LogP contribution in [0.25, 0.3) is 0 Å². The summed E-state index contributed by atoms with van der Waals surface area (Å²) in [4.78, 5) is 0. The van der Waals surface area contributed by atoms with E-state index in [2.05, 4.69) is 191 Å². The van der Waals surface area contributed by atoms with Gasteiger partial charge in [-0.1, -0.05) is 182 Å². The van der Waals surface area contributed by atoms with E-state index in [1.807, 2.05) is 189 Å². The number of hydrogen-bond acceptors (Lipinski definition) is 9. The highest BCUT2D eigenvalue weighted by atomic mass is 31.1. The second kappa shape index (κ2) is 25.8. The highest BCUT2D eigenvalue weighted by molar-refractivity contribution is 7.74. The molecule has 0 aliphatic rings. The van der Waals surface area contributed by atoms with E-state index < -0.39 is 40.3 Å². The average Bonchev–Trinajstić information content (AvgIpc) is 1.89. The van der Waals surface area contributed by atoms with Crippen molar-refractivity contribution in [3.63, 3.8) is 0 Å². The van der Waals surface area contributed by atoms with E-state index in [4.69, 9.17) is 0 Å². The third-order valence-electron chi connectivity index (χ3n) is 14.3. The van der Waals surface area contributed by atoms with Crippen LogP contribution >= 0.6 is 23.8 Å². The minimum atomic E-state index is -1.05. The van der Waals surface area contributed by atoms with Gasteiger partial charge in [0.1, 0.15) is 0 Å². The van der Waals surface area contributed by atoms with Gasteiger partial charge in [0, 0.05) is 135 Å². The van der Waals surface area contributed by atoms with Crippen molar-refractivity contribution in [2.45, 2.75) is 16.6 Å². The van der Waals surface area contributed by atoms with Crippen LogP contribution < -0.4 is 31.8 Å². The number of nitrogens with zero attached hydrogens (tertiary/aromatic N) is 18. The molecule has 9 heterocycles. The van der Waals surface area contributed by atoms with Crippen molar-refractivity contribution in [2.24, 2.45) is 0 Å². The molecule has 0 aliphatic heterocycles. The summed E-state index contributed by atoms with van der Waals surface area (Å²) in [7, 11) is -3.15. The topological polar surface area (TPSA) is 160 Å². The second-order valence-corrected chi connectivity index (χ2v) is 26.3. The van der Waals surface area contributed by atoms with Gasteiger partial charge in [-0.15, -0.1) is 0 Å². The molecular formula is C66H57N18P3. The molecule has 21 heteroatoms. The number of benzene rings is 6. The van der Waals surface area contributed by atoms with Crippen LogP contribution in [0.4, 0.5) is 0 Å². The molecule has 0 saturated heterocycles. The van der Waals surface area contributed by atoms with Crippen LogP contribution in [0, 0.1) is 0 Å². The highest BCUT2D eigenvalue weighted by Gasteiger charge is 2.51. The summed E-state index contributed by atoms with van der Waals surface area (Å²) < 4.78 is 17.6. The summed E-state index contributed by atoms with van der Waals surface area (Å²) in [5.41, 5.74) is -2.47. The lowest BCUT2D eigenvalue weighted by Gasteiger charge is -2.41. The molecule has 87 heavy (non-hydrogen) atoms. The predicted octanol–water partition coefficient (Wildman–Crippen LogP) is 9.22. The van der Waals surface area contributed by atoms with Gasteiger partial charge in [0.15, 0.2) is 0 Å². The van der Waals surface area contributed by atoms with Gasteiger partial charge in [0.25, 0.3) is 16.6 Å². The molecule has 0 radical (unpaired) electrons. The zero-order chi connectivity index (χ0) is 58.6. The Kier molecular flexibility index (Phi) is 16.5. The summed E-state index contributed by atoms with van der Waals surface area (Å²) in [5.74, 6) is 0. The lowest BCUT2D eigenvalue weighted by Crippen LogP contribution is -2.51. The maximum Gasteiger partial charge on any atom is 0.275 e. The van der Waals surface area contributed by atoms with Crippen molar-refractivity contribution < 1.29 is 0 Å². The molecule has 0 amide bonds. The van der Waals surface area contributed by atoms with Crippen LogP contribution in [0.1, 0.15) is 0 Å². The number of hydrogen-bond donors (Lipinski definition) is 0. The largest absolute Gasteiger partial charge is 0.275 e. The first-order valence-corrected chi connectivity index (χ1v) is 32.0. The average molecular weight is 1200 g/mol. The predicted molar refractivity (Wildman–Crippen MR) is 344 cm³/mol. The van der Waals surface area contributed by atoms with E-state index in [0.29, 0.717) is 0 Å². The van der Waals surface area contributed by atoms with Gasteiger partial charge in [0.05, 0.1) is 0 Å². The van der Waals surface area contributed by atoms with Gasteiger partial charge in [-0.25, -0.2) is 42.1 Å². The van der Waals surface area contributed by atoms with Gasteiger partial charge in [0.2, 0.25) is 0 Å². The Labute approximate surface area is 505 Å². The molecule has 426 valence electrons. The first kappa shape index (κ1) is 55.7. The Morgan fingerprint density at radius 3 is 0.402 bits per heavy atom. The van der Waals surface area contributed by atoms with Gasteiger partial charge in [-0.05, 0) is 86.4 Å². The lowest BCUT2D eigenvalue weighted by atomic mass is 10.4. The zero-order valence-corrected chi connectivity index (χ0v) is 49.5. The summed E-state index contributed by atoms with van der Waals surface area (Å²) in [6.45, 7) is 0. The van der Waals surface area contributed by atoms with Crippen molar-refractivity contribution in [2.75, 3.05) is 0 Å². The van der Waals surface area contributed by atoms with Crippen LogP contribution in [-0.2, 0) is 16.6 Å². The van der Waals surface area contributed by atoms with E-state index in [1.54, 1.807) is 55.8 Å². The standard InChI is InChI=1S/3C22H19N6P/c3*1-3-10-20(11-4-1)29(21-12-5-2-6-13-21)22(26-17-7-14-23-26,27-18-8-15-24-27)28-19-9-16-25-28/h3*1-19H. The molecule has 15 rings (SSSR count). The molecular weight excluding hydrogens is 1140 g/mol. The van der Waals surface area contributed by atoms with Crippen LogP contribution in [0.5, 0.6) is 0 Å². The fourth-order valence-electron chi connectivity index (χ4n) is 10.8. The fourth-order valence-corrected chi connectivity index (χ4v) is 19.5. The molecule has 0 unspecified atom stereocenters. The van der Waals surface area contributed by atoms with E-state index in [0.717, 1.165) is 0 Å². The normalized spacial score (nSPS) is 11.8. The quantitative estimate of drug-likeness (QED) is 0.0764. The van der Waals surface area contributed by atoms with Gasteiger partial charge in [-0.3, -0.25) is 0 Å². The Balaban J connectivity index is 0.000000121. The molecule has 6 aromatic carbocycles. The van der Waals surface area contributed by atoms with Gasteiger partial charge in [-0.2, -0.15) is 45.9 Å². The molecule has 0 aliphatic carbocycles. The Morgan fingerprint density at radius 2 is 0.299 bits per heavy atom. The molecule has 0 N–H and O–H groups in total. The highest BCUT2D eigenvalue weighted by Crippen LogP contribution is 2.55. The third kappa shape index (κ3) is 10.6. The summed E-state index contributed by atoms with van der Waals surface area (Å²) >= 11 is 0. The number of rotatable bonds is 18. The van der Waals surface area contributed by atoms with E-state index in [-0.39, 0.29) is 0 Å². The van der Waals surface area contributed by atoms with Gasteiger partial charge >= 0.3 is 0 Å². The Morgan fingerprint density at radius 1 is 0.172 bits per heavy atom. The fraction of sp³-hybridized carbons (Fsp3) is 0.0455. The van der Waals surface area contributed by atoms with E-state index in [1.165, 1.54) is 31.8 Å². The van der Waals surface area contributed by atoms with E-state index in [9.17, 15) is 0 Å². The minimum Gasteiger partial charge on any atom is -0.221 e. The molecule has 0 bridgehead atoms. The van der Waals surface area contributed by atoms with Crippen LogP contribution in [-0.4, -0.2) is 88.0 Å². The smallest absolute Gasteiger partial charge is 0.221 e. The second-order valence-electron chi connectivity index (χ2n) is 19.4. The van der Waals surface area contributed by atoms with Crippen molar-refractivity contribution in [1.82, 2.24) is 88.0 Å². The molecule has 0 fully saturated rings. The van der Waals surface area contributed by atoms with Crippen LogP contribution in [0.3, 0.4) is 0 Å². The van der Waals surface area contributed by atoms with Crippen molar-refractivity contribution in [3.8, 4) is 0 Å². The Hall–Kier alpha value is -10.5. The summed E-state index contributed by atoms with van der Waals surface area (Å²) in [6, 6.07) is 80.6. The molecule has 18 nitrogen and oxygen atoms in total. The molecule has 9 aromatic heterocycles. The van der Waals surface area contributed by atoms with Crippen LogP contribution in [0.15, 0.2) is 348 Å².